The first kappa shape index (κ1) is 13.8. The number of halogens is 1. The lowest BCUT2D eigenvalue weighted by molar-refractivity contribution is 0.954. The van der Waals surface area contributed by atoms with Crippen molar-refractivity contribution >= 4 is 39.2 Å². The molecule has 0 fully saturated rings. The number of nitrogens with one attached hydrogen (secondary N) is 3. The van der Waals surface area contributed by atoms with Crippen molar-refractivity contribution in [2.45, 2.75) is 6.54 Å². The number of aromatic nitrogens is 4. The van der Waals surface area contributed by atoms with Gasteiger partial charge in [0.05, 0.1) is 22.5 Å². The molecule has 0 saturated heterocycles. The van der Waals surface area contributed by atoms with Crippen LogP contribution >= 0.6 is 11.6 Å². The van der Waals surface area contributed by atoms with E-state index in [2.05, 4.69) is 25.3 Å². The summed E-state index contributed by atoms with van der Waals surface area (Å²) in [6.07, 6.45) is 3.55. The fourth-order valence-corrected chi connectivity index (χ4v) is 2.83. The summed E-state index contributed by atoms with van der Waals surface area (Å²) in [4.78, 5) is 26.7. The molecule has 0 atom stereocenters. The Hall–Kier alpha value is -2.86. The first-order valence-electron chi connectivity index (χ1n) is 7.06. The Morgan fingerprint density at radius 2 is 2.13 bits per heavy atom. The summed E-state index contributed by atoms with van der Waals surface area (Å²) in [6, 6.07) is 9.06. The zero-order valence-electron chi connectivity index (χ0n) is 11.9. The van der Waals surface area contributed by atoms with Crippen molar-refractivity contribution in [2.75, 3.05) is 5.32 Å². The van der Waals surface area contributed by atoms with Gasteiger partial charge in [-0.1, -0.05) is 17.7 Å². The molecule has 3 heterocycles. The second-order valence-corrected chi connectivity index (χ2v) is 5.51. The minimum atomic E-state index is -0.237. The number of anilines is 1. The van der Waals surface area contributed by atoms with Gasteiger partial charge in [-0.2, -0.15) is 0 Å². The number of fused-ring (bicyclic) bond motifs is 2. The zero-order valence-corrected chi connectivity index (χ0v) is 12.7. The van der Waals surface area contributed by atoms with E-state index in [1.54, 1.807) is 24.4 Å². The van der Waals surface area contributed by atoms with Gasteiger partial charge in [0.25, 0.3) is 5.56 Å². The van der Waals surface area contributed by atoms with Crippen LogP contribution in [0.3, 0.4) is 0 Å². The highest BCUT2D eigenvalue weighted by Crippen LogP contribution is 2.21. The van der Waals surface area contributed by atoms with Gasteiger partial charge in [0.2, 0.25) is 0 Å². The average molecular weight is 326 g/mol. The van der Waals surface area contributed by atoms with E-state index in [0.29, 0.717) is 28.3 Å². The minimum Gasteiger partial charge on any atom is -0.377 e. The van der Waals surface area contributed by atoms with E-state index < -0.39 is 0 Å². The number of aromatic amines is 2. The highest BCUT2D eigenvalue weighted by molar-refractivity contribution is 6.35. The maximum absolute atomic E-state index is 12.2. The van der Waals surface area contributed by atoms with Gasteiger partial charge in [0.15, 0.2) is 0 Å². The fraction of sp³-hybridized carbons (Fsp3) is 0.0625. The fourth-order valence-electron chi connectivity index (χ4n) is 2.58. The SMILES string of the molecule is O=c1[nH]c(CNc2ccnc3[nH]ccc23)nc2cccc(Cl)c12. The number of hydrogen-bond acceptors (Lipinski definition) is 4. The van der Waals surface area contributed by atoms with Gasteiger partial charge in [0, 0.05) is 23.5 Å². The number of H-pyrrole nitrogens is 2. The second-order valence-electron chi connectivity index (χ2n) is 5.10. The number of nitrogens with zero attached hydrogens (tertiary/aromatic N) is 2. The van der Waals surface area contributed by atoms with Crippen LogP contribution in [0.15, 0.2) is 47.5 Å². The van der Waals surface area contributed by atoms with Crippen LogP contribution < -0.4 is 10.9 Å². The van der Waals surface area contributed by atoms with Crippen LogP contribution in [0.4, 0.5) is 5.69 Å². The standard InChI is InChI=1S/C16H12ClN5O/c17-10-2-1-3-12-14(10)16(23)22-13(21-12)8-20-11-5-7-19-15-9(11)4-6-18-15/h1-7H,8H2,(H2,18,19,20)(H,21,22,23). The van der Waals surface area contributed by atoms with Crippen molar-refractivity contribution in [3.8, 4) is 0 Å². The molecule has 0 unspecified atom stereocenters. The Bertz CT molecular complexity index is 1070. The van der Waals surface area contributed by atoms with Crippen molar-refractivity contribution in [2.24, 2.45) is 0 Å². The summed E-state index contributed by atoms with van der Waals surface area (Å²) in [7, 11) is 0. The van der Waals surface area contributed by atoms with Crippen LogP contribution in [0.1, 0.15) is 5.82 Å². The van der Waals surface area contributed by atoms with Crippen LogP contribution in [0, 0.1) is 0 Å². The summed E-state index contributed by atoms with van der Waals surface area (Å²) in [5, 5.41) is 5.07. The zero-order chi connectivity index (χ0) is 15.8. The molecule has 114 valence electrons. The van der Waals surface area contributed by atoms with E-state index in [4.69, 9.17) is 11.6 Å². The van der Waals surface area contributed by atoms with E-state index >= 15 is 0 Å². The highest BCUT2D eigenvalue weighted by atomic mass is 35.5. The first-order valence-corrected chi connectivity index (χ1v) is 7.43. The maximum Gasteiger partial charge on any atom is 0.260 e. The molecule has 0 spiro atoms. The van der Waals surface area contributed by atoms with Gasteiger partial charge in [-0.05, 0) is 24.3 Å². The molecule has 6 nitrogen and oxygen atoms in total. The topological polar surface area (TPSA) is 86.5 Å². The van der Waals surface area contributed by atoms with E-state index in [9.17, 15) is 4.79 Å². The number of rotatable bonds is 3. The van der Waals surface area contributed by atoms with Crippen LogP contribution in [0.25, 0.3) is 21.9 Å². The molecule has 0 amide bonds. The predicted octanol–water partition coefficient (Wildman–Crippen LogP) is 3.06. The van der Waals surface area contributed by atoms with Gasteiger partial charge in [-0.25, -0.2) is 9.97 Å². The third-order valence-electron chi connectivity index (χ3n) is 3.64. The average Bonchev–Trinajstić information content (AvgIpc) is 3.02. The molecular weight excluding hydrogens is 314 g/mol. The first-order chi connectivity index (χ1) is 11.2. The van der Waals surface area contributed by atoms with E-state index in [1.165, 1.54) is 0 Å². The van der Waals surface area contributed by atoms with Crippen molar-refractivity contribution in [1.29, 1.82) is 0 Å². The number of pyridine rings is 1. The van der Waals surface area contributed by atoms with Crippen molar-refractivity contribution in [3.63, 3.8) is 0 Å². The Labute approximate surface area is 135 Å². The van der Waals surface area contributed by atoms with Crippen LogP contribution in [0.2, 0.25) is 5.02 Å². The number of benzene rings is 1. The third kappa shape index (κ3) is 2.43. The van der Waals surface area contributed by atoms with E-state index in [0.717, 1.165) is 16.7 Å². The van der Waals surface area contributed by atoms with Crippen molar-refractivity contribution in [1.82, 2.24) is 19.9 Å². The molecule has 4 rings (SSSR count). The molecule has 3 aromatic heterocycles. The molecule has 3 N–H and O–H groups in total. The smallest absolute Gasteiger partial charge is 0.260 e. The molecule has 0 aliphatic carbocycles. The van der Waals surface area contributed by atoms with E-state index in [1.807, 2.05) is 18.3 Å². The third-order valence-corrected chi connectivity index (χ3v) is 3.95. The molecule has 1 aromatic carbocycles. The molecule has 0 saturated carbocycles. The van der Waals surface area contributed by atoms with Gasteiger partial charge in [0.1, 0.15) is 11.5 Å². The summed E-state index contributed by atoms with van der Waals surface area (Å²) in [6.45, 7) is 0.391. The molecular formula is C16H12ClN5O. The molecule has 0 bridgehead atoms. The van der Waals surface area contributed by atoms with Crippen LogP contribution in [0.5, 0.6) is 0 Å². The summed E-state index contributed by atoms with van der Waals surface area (Å²) in [5.74, 6) is 0.547. The van der Waals surface area contributed by atoms with Gasteiger partial charge in [-0.15, -0.1) is 0 Å². The minimum absolute atomic E-state index is 0.237. The molecule has 0 radical (unpaired) electrons. The van der Waals surface area contributed by atoms with Gasteiger partial charge < -0.3 is 15.3 Å². The highest BCUT2D eigenvalue weighted by Gasteiger charge is 2.08. The quantitative estimate of drug-likeness (QED) is 0.540. The van der Waals surface area contributed by atoms with E-state index in [-0.39, 0.29) is 5.56 Å². The lowest BCUT2D eigenvalue weighted by Crippen LogP contribution is -2.14. The summed E-state index contributed by atoms with van der Waals surface area (Å²) >= 11 is 6.05. The molecule has 7 heteroatoms. The Kier molecular flexibility index (Phi) is 3.24. The summed E-state index contributed by atoms with van der Waals surface area (Å²) < 4.78 is 0. The van der Waals surface area contributed by atoms with Crippen LogP contribution in [-0.2, 0) is 6.54 Å². The van der Waals surface area contributed by atoms with Gasteiger partial charge >= 0.3 is 0 Å². The maximum atomic E-state index is 12.2. The van der Waals surface area contributed by atoms with Crippen molar-refractivity contribution < 1.29 is 0 Å². The lowest BCUT2D eigenvalue weighted by atomic mass is 10.2. The molecule has 23 heavy (non-hydrogen) atoms. The van der Waals surface area contributed by atoms with Crippen molar-refractivity contribution in [3.05, 3.63) is 63.9 Å². The number of hydrogen-bond donors (Lipinski definition) is 3. The lowest BCUT2D eigenvalue weighted by Gasteiger charge is -2.08. The molecule has 0 aliphatic rings. The molecule has 0 aliphatic heterocycles. The predicted molar refractivity (Wildman–Crippen MR) is 90.8 cm³/mol. The Balaban J connectivity index is 1.68. The molecule has 4 aromatic rings. The Morgan fingerprint density at radius 1 is 1.22 bits per heavy atom. The van der Waals surface area contributed by atoms with Crippen LogP contribution in [-0.4, -0.2) is 19.9 Å². The second kappa shape index (κ2) is 5.40. The monoisotopic (exact) mass is 325 g/mol. The normalized spacial score (nSPS) is 11.2. The Morgan fingerprint density at radius 3 is 3.04 bits per heavy atom. The van der Waals surface area contributed by atoms with Gasteiger partial charge in [-0.3, -0.25) is 4.79 Å². The summed E-state index contributed by atoms with van der Waals surface area (Å²) in [5.41, 5.74) is 2.07. The largest absolute Gasteiger partial charge is 0.377 e.